The predicted molar refractivity (Wildman–Crippen MR) is 57.3 cm³/mol. The van der Waals surface area contributed by atoms with Crippen LogP contribution in [0.25, 0.3) is 0 Å². The molecule has 1 aliphatic rings. The maximum atomic E-state index is 6.32. The Labute approximate surface area is 84.9 Å². The zero-order chi connectivity index (χ0) is 9.10. The van der Waals surface area contributed by atoms with Crippen molar-refractivity contribution in [1.82, 2.24) is 0 Å². The molecular weight excluding hydrogens is 180 g/mol. The van der Waals surface area contributed by atoms with Gasteiger partial charge in [-0.25, -0.2) is 0 Å². The molecule has 0 bridgehead atoms. The third-order valence-electron chi connectivity index (χ3n) is 2.91. The van der Waals surface area contributed by atoms with E-state index in [0.717, 1.165) is 0 Å². The van der Waals surface area contributed by atoms with Crippen molar-refractivity contribution >= 4 is 11.6 Å². The van der Waals surface area contributed by atoms with Crippen molar-refractivity contribution in [2.24, 2.45) is 0 Å². The van der Waals surface area contributed by atoms with Crippen LogP contribution in [0.2, 0.25) is 0 Å². The average molecular weight is 195 g/mol. The van der Waals surface area contributed by atoms with Crippen molar-refractivity contribution < 1.29 is 0 Å². The van der Waals surface area contributed by atoms with E-state index >= 15 is 0 Å². The number of hydrogen-bond acceptors (Lipinski definition) is 0. The number of halogens is 1. The van der Waals surface area contributed by atoms with Gasteiger partial charge in [0.05, 0.1) is 0 Å². The highest BCUT2D eigenvalue weighted by atomic mass is 35.5. The molecule has 0 nitrogen and oxygen atoms in total. The summed E-state index contributed by atoms with van der Waals surface area (Å²) in [5, 5.41) is 0.358. The van der Waals surface area contributed by atoms with Gasteiger partial charge in [0.15, 0.2) is 0 Å². The second-order valence-electron chi connectivity index (χ2n) is 3.82. The highest BCUT2D eigenvalue weighted by Crippen LogP contribution is 2.36. The van der Waals surface area contributed by atoms with Crippen molar-refractivity contribution in [3.05, 3.63) is 35.9 Å². The van der Waals surface area contributed by atoms with Crippen LogP contribution in [0.4, 0.5) is 0 Å². The molecule has 2 unspecified atom stereocenters. The van der Waals surface area contributed by atoms with Gasteiger partial charge in [-0.2, -0.15) is 0 Å². The Morgan fingerprint density at radius 3 is 2.38 bits per heavy atom. The van der Waals surface area contributed by atoms with Crippen LogP contribution in [-0.2, 0) is 0 Å². The molecule has 0 saturated heterocycles. The van der Waals surface area contributed by atoms with Crippen LogP contribution in [0.3, 0.4) is 0 Å². The molecule has 70 valence electrons. The van der Waals surface area contributed by atoms with Crippen molar-refractivity contribution in [2.75, 3.05) is 0 Å². The lowest BCUT2D eigenvalue weighted by Gasteiger charge is -2.27. The number of rotatable bonds is 1. The summed E-state index contributed by atoms with van der Waals surface area (Å²) in [6.07, 6.45) is 5.08. The van der Waals surface area contributed by atoms with Crippen LogP contribution in [0.15, 0.2) is 30.3 Å². The summed E-state index contributed by atoms with van der Waals surface area (Å²) >= 11 is 6.32. The molecular formula is C12H15Cl. The van der Waals surface area contributed by atoms with Crippen LogP contribution in [0.5, 0.6) is 0 Å². The summed E-state index contributed by atoms with van der Waals surface area (Å²) in [5.74, 6) is 0.594. The molecule has 0 N–H and O–H groups in total. The van der Waals surface area contributed by atoms with Gasteiger partial charge in [-0.05, 0) is 18.4 Å². The molecule has 2 rings (SSSR count). The molecule has 1 saturated carbocycles. The molecule has 13 heavy (non-hydrogen) atoms. The van der Waals surface area contributed by atoms with Crippen molar-refractivity contribution in [3.8, 4) is 0 Å². The van der Waals surface area contributed by atoms with Crippen LogP contribution in [0, 0.1) is 0 Å². The van der Waals surface area contributed by atoms with Gasteiger partial charge in [0, 0.05) is 11.3 Å². The van der Waals surface area contributed by atoms with Gasteiger partial charge in [0.25, 0.3) is 0 Å². The van der Waals surface area contributed by atoms with Gasteiger partial charge >= 0.3 is 0 Å². The summed E-state index contributed by atoms with van der Waals surface area (Å²) < 4.78 is 0. The third-order valence-corrected chi connectivity index (χ3v) is 3.43. The standard InChI is InChI=1S/C12H15Cl/c13-12-9-5-4-8-11(12)10-6-2-1-3-7-10/h1-3,6-7,11-12H,4-5,8-9H2. The van der Waals surface area contributed by atoms with E-state index in [1.165, 1.54) is 31.2 Å². The SMILES string of the molecule is ClC1CCCCC1c1ccccc1. The number of hydrogen-bond donors (Lipinski definition) is 0. The molecule has 1 aliphatic carbocycles. The normalized spacial score (nSPS) is 28.7. The first-order valence-corrected chi connectivity index (χ1v) is 5.50. The molecule has 0 spiro atoms. The second-order valence-corrected chi connectivity index (χ2v) is 4.38. The van der Waals surface area contributed by atoms with E-state index in [1.54, 1.807) is 0 Å². The molecule has 1 heteroatoms. The molecule has 0 heterocycles. The van der Waals surface area contributed by atoms with Gasteiger partial charge in [0.1, 0.15) is 0 Å². The van der Waals surface area contributed by atoms with Gasteiger partial charge in [-0.1, -0.05) is 43.2 Å². The first-order valence-electron chi connectivity index (χ1n) is 5.07. The van der Waals surface area contributed by atoms with E-state index in [4.69, 9.17) is 11.6 Å². The largest absolute Gasteiger partial charge is 0.122 e. The summed E-state index contributed by atoms with van der Waals surface area (Å²) in [5.41, 5.74) is 1.42. The van der Waals surface area contributed by atoms with Crippen molar-refractivity contribution in [3.63, 3.8) is 0 Å². The minimum atomic E-state index is 0.358. The lowest BCUT2D eigenvalue weighted by molar-refractivity contribution is 0.450. The van der Waals surface area contributed by atoms with E-state index < -0.39 is 0 Å². The van der Waals surface area contributed by atoms with Crippen LogP contribution in [-0.4, -0.2) is 5.38 Å². The predicted octanol–water partition coefficient (Wildman–Crippen LogP) is 3.95. The first-order chi connectivity index (χ1) is 6.38. The van der Waals surface area contributed by atoms with E-state index in [2.05, 4.69) is 30.3 Å². The summed E-state index contributed by atoms with van der Waals surface area (Å²) in [7, 11) is 0. The van der Waals surface area contributed by atoms with Gasteiger partial charge in [-0.3, -0.25) is 0 Å². The highest BCUT2D eigenvalue weighted by molar-refractivity contribution is 6.21. The van der Waals surface area contributed by atoms with Crippen LogP contribution in [0.1, 0.15) is 37.2 Å². The Bertz CT molecular complexity index is 255. The van der Waals surface area contributed by atoms with Crippen molar-refractivity contribution in [2.45, 2.75) is 37.0 Å². The number of benzene rings is 1. The van der Waals surface area contributed by atoms with Crippen LogP contribution >= 0.6 is 11.6 Å². The van der Waals surface area contributed by atoms with E-state index in [0.29, 0.717) is 11.3 Å². The molecule has 1 aromatic rings. The van der Waals surface area contributed by atoms with E-state index in [1.807, 2.05) is 0 Å². The molecule has 2 atom stereocenters. The van der Waals surface area contributed by atoms with E-state index in [9.17, 15) is 0 Å². The quantitative estimate of drug-likeness (QED) is 0.594. The molecule has 0 amide bonds. The molecule has 1 aromatic carbocycles. The van der Waals surface area contributed by atoms with Crippen LogP contribution < -0.4 is 0 Å². The maximum absolute atomic E-state index is 6.32. The van der Waals surface area contributed by atoms with Gasteiger partial charge in [-0.15, -0.1) is 11.6 Å². The molecule has 0 aliphatic heterocycles. The zero-order valence-electron chi connectivity index (χ0n) is 7.75. The fourth-order valence-electron chi connectivity index (χ4n) is 2.16. The smallest absolute Gasteiger partial charge is 0.0404 e. The van der Waals surface area contributed by atoms with Gasteiger partial charge < -0.3 is 0 Å². The molecule has 1 fully saturated rings. The zero-order valence-corrected chi connectivity index (χ0v) is 8.50. The molecule has 0 aromatic heterocycles. The molecule has 0 radical (unpaired) electrons. The fourth-order valence-corrected chi connectivity index (χ4v) is 2.59. The monoisotopic (exact) mass is 194 g/mol. The highest BCUT2D eigenvalue weighted by Gasteiger charge is 2.23. The Morgan fingerprint density at radius 1 is 1.00 bits per heavy atom. The van der Waals surface area contributed by atoms with Gasteiger partial charge in [0.2, 0.25) is 0 Å². The lowest BCUT2D eigenvalue weighted by Crippen LogP contribution is -2.17. The number of alkyl halides is 1. The summed E-state index contributed by atoms with van der Waals surface area (Å²) in [6.45, 7) is 0. The van der Waals surface area contributed by atoms with Crippen molar-refractivity contribution in [1.29, 1.82) is 0 Å². The second kappa shape index (κ2) is 4.15. The average Bonchev–Trinajstić information content (AvgIpc) is 2.20. The minimum absolute atomic E-state index is 0.358. The fraction of sp³-hybridized carbons (Fsp3) is 0.500. The van der Waals surface area contributed by atoms with E-state index in [-0.39, 0.29) is 0 Å². The minimum Gasteiger partial charge on any atom is -0.122 e. The summed E-state index contributed by atoms with van der Waals surface area (Å²) in [4.78, 5) is 0. The third kappa shape index (κ3) is 2.05. The topological polar surface area (TPSA) is 0 Å². The Morgan fingerprint density at radius 2 is 1.69 bits per heavy atom. The Hall–Kier alpha value is -0.490. The maximum Gasteiger partial charge on any atom is 0.0404 e. The lowest BCUT2D eigenvalue weighted by atomic mass is 9.84. The summed E-state index contributed by atoms with van der Waals surface area (Å²) in [6, 6.07) is 10.7. The Kier molecular flexibility index (Phi) is 2.90. The Balaban J connectivity index is 2.15. The first kappa shape index (κ1) is 9.08.